The van der Waals surface area contributed by atoms with Crippen molar-refractivity contribution in [2.75, 3.05) is 6.26 Å². The summed E-state index contributed by atoms with van der Waals surface area (Å²) in [7, 11) is -3.29. The minimum atomic E-state index is -3.29. The highest BCUT2D eigenvalue weighted by Gasteiger charge is 2.12. The van der Waals surface area contributed by atoms with Gasteiger partial charge >= 0.3 is 0 Å². The third kappa shape index (κ3) is 2.39. The van der Waals surface area contributed by atoms with E-state index < -0.39 is 9.84 Å². The first-order valence-electron chi connectivity index (χ1n) is 5.10. The molecule has 0 aliphatic rings. The minimum absolute atomic E-state index is 0.106. The fourth-order valence-electron chi connectivity index (χ4n) is 1.35. The van der Waals surface area contributed by atoms with E-state index >= 15 is 0 Å². The van der Waals surface area contributed by atoms with Crippen molar-refractivity contribution in [3.05, 3.63) is 29.8 Å². The number of aliphatic hydroxyl groups is 1. The van der Waals surface area contributed by atoms with E-state index in [-0.39, 0.29) is 17.5 Å². The maximum atomic E-state index is 11.3. The van der Waals surface area contributed by atoms with Crippen LogP contribution in [0.15, 0.2) is 23.5 Å². The number of nitrogens with zero attached hydrogens (tertiary/aromatic N) is 4. The van der Waals surface area contributed by atoms with Gasteiger partial charge in [0.25, 0.3) is 5.95 Å². The molecule has 0 amide bonds. The Labute approximate surface area is 104 Å². The van der Waals surface area contributed by atoms with Crippen molar-refractivity contribution in [3.63, 3.8) is 0 Å². The Bertz CT molecular complexity index is 678. The molecule has 0 radical (unpaired) electrons. The molecule has 0 atom stereocenters. The predicted molar refractivity (Wildman–Crippen MR) is 62.9 cm³/mol. The summed E-state index contributed by atoms with van der Waals surface area (Å²) in [6.45, 7) is 1.59. The average Bonchev–Trinajstić information content (AvgIpc) is 2.77. The molecule has 0 unspecified atom stereocenters. The lowest BCUT2D eigenvalue weighted by atomic mass is 10.3. The second-order valence-electron chi connectivity index (χ2n) is 3.83. The summed E-state index contributed by atoms with van der Waals surface area (Å²) in [5.74, 6) is 0.264. The topological polar surface area (TPSA) is 98.0 Å². The Balaban J connectivity index is 2.44. The molecule has 0 fully saturated rings. The molecule has 2 aromatic heterocycles. The Morgan fingerprint density at radius 2 is 2.11 bits per heavy atom. The third-order valence-corrected chi connectivity index (χ3v) is 3.50. The normalized spacial score (nSPS) is 11.7. The van der Waals surface area contributed by atoms with Gasteiger partial charge in [-0.3, -0.25) is 0 Å². The molecule has 8 heteroatoms. The lowest BCUT2D eigenvalue weighted by Gasteiger charge is -2.03. The molecule has 1 N–H and O–H groups in total. The van der Waals surface area contributed by atoms with Gasteiger partial charge in [-0.15, -0.1) is 0 Å². The van der Waals surface area contributed by atoms with Crippen LogP contribution in [0.2, 0.25) is 0 Å². The van der Waals surface area contributed by atoms with E-state index in [4.69, 9.17) is 5.11 Å². The van der Waals surface area contributed by atoms with E-state index in [1.54, 1.807) is 6.92 Å². The molecule has 0 aromatic carbocycles. The van der Waals surface area contributed by atoms with Crippen molar-refractivity contribution in [1.82, 2.24) is 19.7 Å². The van der Waals surface area contributed by atoms with Gasteiger partial charge in [0.2, 0.25) is 0 Å². The quantitative estimate of drug-likeness (QED) is 0.832. The number of rotatable bonds is 3. The number of aromatic nitrogens is 4. The Morgan fingerprint density at radius 1 is 1.39 bits per heavy atom. The summed E-state index contributed by atoms with van der Waals surface area (Å²) in [6.07, 6.45) is 5.19. The first-order chi connectivity index (χ1) is 8.41. The summed E-state index contributed by atoms with van der Waals surface area (Å²) in [5.41, 5.74) is 1.24. The summed E-state index contributed by atoms with van der Waals surface area (Å²) >= 11 is 0. The zero-order valence-electron chi connectivity index (χ0n) is 9.90. The number of hydrogen-bond acceptors (Lipinski definition) is 6. The van der Waals surface area contributed by atoms with Gasteiger partial charge in [-0.2, -0.15) is 5.10 Å². The molecule has 18 heavy (non-hydrogen) atoms. The number of sulfone groups is 1. The van der Waals surface area contributed by atoms with Gasteiger partial charge in [-0.05, 0) is 6.92 Å². The molecule has 0 bridgehead atoms. The van der Waals surface area contributed by atoms with Gasteiger partial charge in [-0.25, -0.2) is 23.1 Å². The number of aryl methyl sites for hydroxylation is 1. The van der Waals surface area contributed by atoms with Crippen LogP contribution in [0.5, 0.6) is 0 Å². The van der Waals surface area contributed by atoms with Crippen LogP contribution in [0.25, 0.3) is 5.95 Å². The van der Waals surface area contributed by atoms with E-state index in [2.05, 4.69) is 15.1 Å². The van der Waals surface area contributed by atoms with E-state index in [0.717, 1.165) is 6.26 Å². The van der Waals surface area contributed by atoms with Crippen molar-refractivity contribution in [2.45, 2.75) is 18.4 Å². The monoisotopic (exact) mass is 268 g/mol. The van der Waals surface area contributed by atoms with Crippen molar-refractivity contribution >= 4 is 9.84 Å². The van der Waals surface area contributed by atoms with Crippen LogP contribution in [-0.4, -0.2) is 39.5 Å². The predicted octanol–water partition coefficient (Wildman–Crippen LogP) is -0.133. The van der Waals surface area contributed by atoms with Crippen LogP contribution >= 0.6 is 0 Å². The molecule has 0 saturated carbocycles. The van der Waals surface area contributed by atoms with Gasteiger partial charge in [0.05, 0.1) is 19.0 Å². The maximum absolute atomic E-state index is 11.3. The molecular weight excluding hydrogens is 256 g/mol. The molecule has 2 aromatic rings. The maximum Gasteiger partial charge on any atom is 0.250 e. The first-order valence-corrected chi connectivity index (χ1v) is 6.99. The van der Waals surface area contributed by atoms with Crippen molar-refractivity contribution in [3.8, 4) is 5.95 Å². The Hall–Kier alpha value is -1.80. The molecule has 2 rings (SSSR count). The highest BCUT2D eigenvalue weighted by atomic mass is 32.2. The van der Waals surface area contributed by atoms with Crippen LogP contribution in [0.4, 0.5) is 0 Å². The second kappa shape index (κ2) is 4.46. The van der Waals surface area contributed by atoms with E-state index in [0.29, 0.717) is 11.3 Å². The summed E-state index contributed by atoms with van der Waals surface area (Å²) < 4.78 is 23.9. The van der Waals surface area contributed by atoms with Crippen LogP contribution in [0.3, 0.4) is 0 Å². The fourth-order valence-corrected chi connectivity index (χ4v) is 1.88. The zero-order chi connectivity index (χ0) is 13.3. The van der Waals surface area contributed by atoms with Crippen molar-refractivity contribution < 1.29 is 13.5 Å². The molecule has 0 spiro atoms. The molecule has 0 aliphatic carbocycles. The van der Waals surface area contributed by atoms with E-state index in [1.807, 2.05) is 0 Å². The highest BCUT2D eigenvalue weighted by molar-refractivity contribution is 7.90. The number of hydrogen-bond donors (Lipinski definition) is 1. The minimum Gasteiger partial charge on any atom is -0.392 e. The largest absolute Gasteiger partial charge is 0.392 e. The van der Waals surface area contributed by atoms with Gasteiger partial charge in [-0.1, -0.05) is 0 Å². The fraction of sp³-hybridized carbons (Fsp3) is 0.300. The summed E-state index contributed by atoms with van der Waals surface area (Å²) in [4.78, 5) is 8.26. The van der Waals surface area contributed by atoms with Crippen molar-refractivity contribution in [2.24, 2.45) is 0 Å². The van der Waals surface area contributed by atoms with Gasteiger partial charge in [0.1, 0.15) is 4.90 Å². The van der Waals surface area contributed by atoms with Crippen LogP contribution in [0, 0.1) is 6.92 Å². The average molecular weight is 268 g/mol. The van der Waals surface area contributed by atoms with Crippen LogP contribution in [-0.2, 0) is 16.4 Å². The summed E-state index contributed by atoms with van der Waals surface area (Å²) in [5, 5.41) is 12.9. The molecule has 0 saturated heterocycles. The Kier molecular flexibility index (Phi) is 3.14. The summed E-state index contributed by atoms with van der Waals surface area (Å²) in [6, 6.07) is 0. The molecule has 2 heterocycles. The second-order valence-corrected chi connectivity index (χ2v) is 5.85. The van der Waals surface area contributed by atoms with Gasteiger partial charge in [0.15, 0.2) is 9.84 Å². The van der Waals surface area contributed by atoms with E-state index in [1.165, 1.54) is 23.3 Å². The van der Waals surface area contributed by atoms with Gasteiger partial charge in [0, 0.05) is 23.7 Å². The highest BCUT2D eigenvalue weighted by Crippen LogP contribution is 2.11. The van der Waals surface area contributed by atoms with Crippen LogP contribution in [0.1, 0.15) is 11.3 Å². The molecular formula is C10H12N4O3S. The smallest absolute Gasteiger partial charge is 0.250 e. The molecule has 96 valence electrons. The zero-order valence-corrected chi connectivity index (χ0v) is 10.7. The SMILES string of the molecule is Cc1nc(-n2cc(S(C)(=O)=O)cn2)ncc1CO. The lowest BCUT2D eigenvalue weighted by molar-refractivity contribution is 0.280. The van der Waals surface area contributed by atoms with Gasteiger partial charge < -0.3 is 5.11 Å². The number of aliphatic hydroxyl groups excluding tert-OH is 1. The standard InChI is InChI=1S/C10H12N4O3S/c1-7-8(6-15)3-11-10(13-7)14-5-9(4-12-14)18(2,16)17/h3-5,15H,6H2,1-2H3. The Morgan fingerprint density at radius 3 is 2.61 bits per heavy atom. The third-order valence-electron chi connectivity index (χ3n) is 2.43. The first kappa shape index (κ1) is 12.7. The van der Waals surface area contributed by atoms with Crippen LogP contribution < -0.4 is 0 Å². The molecule has 7 nitrogen and oxygen atoms in total. The molecule has 0 aliphatic heterocycles. The lowest BCUT2D eigenvalue weighted by Crippen LogP contribution is -2.05. The van der Waals surface area contributed by atoms with E-state index in [9.17, 15) is 8.42 Å². The van der Waals surface area contributed by atoms with Crippen molar-refractivity contribution in [1.29, 1.82) is 0 Å².